The molecule has 0 saturated carbocycles. The molecule has 0 radical (unpaired) electrons. The summed E-state index contributed by atoms with van der Waals surface area (Å²) in [5.74, 6) is 0. The Kier molecular flexibility index (Phi) is 3.35. The van der Waals surface area contributed by atoms with Crippen LogP contribution >= 0.6 is 11.3 Å². The molecule has 0 aliphatic carbocycles. The van der Waals surface area contributed by atoms with Gasteiger partial charge in [-0.05, 0) is 19.2 Å². The number of rotatable bonds is 3. The Labute approximate surface area is 100 Å². The second-order valence-electron chi connectivity index (χ2n) is 3.66. The van der Waals surface area contributed by atoms with Crippen molar-refractivity contribution in [3.63, 3.8) is 0 Å². The Morgan fingerprint density at radius 1 is 1.35 bits per heavy atom. The van der Waals surface area contributed by atoms with Gasteiger partial charge in [-0.2, -0.15) is 13.2 Å². The van der Waals surface area contributed by atoms with Crippen molar-refractivity contribution in [2.45, 2.75) is 18.6 Å². The highest BCUT2D eigenvalue weighted by Crippen LogP contribution is 2.27. The fourth-order valence-corrected chi connectivity index (χ4v) is 2.58. The quantitative estimate of drug-likeness (QED) is 0.917. The number of hydrogen-bond acceptors (Lipinski definition) is 3. The highest BCUT2D eigenvalue weighted by molar-refractivity contribution is 7.18. The molecule has 6 heteroatoms. The van der Waals surface area contributed by atoms with Gasteiger partial charge >= 0.3 is 6.18 Å². The van der Waals surface area contributed by atoms with Gasteiger partial charge in [0, 0.05) is 6.42 Å². The van der Waals surface area contributed by atoms with Crippen molar-refractivity contribution in [1.82, 2.24) is 10.3 Å². The summed E-state index contributed by atoms with van der Waals surface area (Å²) in [6.07, 6.45) is -4.37. The Morgan fingerprint density at radius 3 is 2.65 bits per heavy atom. The van der Waals surface area contributed by atoms with E-state index in [2.05, 4.69) is 10.3 Å². The molecule has 0 amide bonds. The van der Waals surface area contributed by atoms with Gasteiger partial charge in [0.25, 0.3) is 0 Å². The normalized spacial score (nSPS) is 14.1. The number of nitrogens with one attached hydrogen (secondary N) is 1. The predicted molar refractivity (Wildman–Crippen MR) is 62.2 cm³/mol. The molecule has 0 bridgehead atoms. The molecular formula is C11H11F3N2S. The molecule has 92 valence electrons. The molecule has 2 nitrogen and oxygen atoms in total. The maximum Gasteiger partial charge on any atom is 0.404 e. The van der Waals surface area contributed by atoms with Crippen molar-refractivity contribution in [1.29, 1.82) is 0 Å². The number of fused-ring (bicyclic) bond motifs is 1. The molecule has 0 aliphatic rings. The standard InChI is InChI=1S/C11H11F3N2S/c1-15-9(11(12,13)14)6-10-16-7-4-2-3-5-8(7)17-10/h2-5,9,15H,6H2,1H3. The lowest BCUT2D eigenvalue weighted by atomic mass is 10.2. The molecule has 1 N–H and O–H groups in total. The Bertz CT molecular complexity index is 474. The molecule has 1 unspecified atom stereocenters. The molecule has 0 fully saturated rings. The number of halogens is 3. The van der Waals surface area contributed by atoms with Crippen LogP contribution in [-0.2, 0) is 6.42 Å². The number of nitrogens with zero attached hydrogens (tertiary/aromatic N) is 1. The molecule has 0 saturated heterocycles. The molecule has 0 aliphatic heterocycles. The SMILES string of the molecule is CNC(Cc1nc2ccccc2s1)C(F)(F)F. The minimum atomic E-state index is -4.24. The number of hydrogen-bond donors (Lipinski definition) is 1. The number of aromatic nitrogens is 1. The van der Waals surface area contributed by atoms with Crippen LogP contribution in [0.15, 0.2) is 24.3 Å². The zero-order chi connectivity index (χ0) is 12.5. The number of para-hydroxylation sites is 1. The number of likely N-dealkylation sites (N-methyl/N-ethyl adjacent to an activating group) is 1. The predicted octanol–water partition coefficient (Wildman–Crippen LogP) is 2.99. The van der Waals surface area contributed by atoms with Gasteiger partial charge in [0.15, 0.2) is 0 Å². The molecule has 1 atom stereocenters. The molecule has 1 aromatic heterocycles. The first kappa shape index (κ1) is 12.3. The van der Waals surface area contributed by atoms with Gasteiger partial charge in [0.1, 0.15) is 6.04 Å². The maximum absolute atomic E-state index is 12.6. The highest BCUT2D eigenvalue weighted by atomic mass is 32.1. The number of benzene rings is 1. The summed E-state index contributed by atoms with van der Waals surface area (Å²) in [5.41, 5.74) is 0.754. The molecule has 17 heavy (non-hydrogen) atoms. The van der Waals surface area contributed by atoms with Gasteiger partial charge in [0.2, 0.25) is 0 Å². The molecule has 0 spiro atoms. The van der Waals surface area contributed by atoms with E-state index < -0.39 is 12.2 Å². The van der Waals surface area contributed by atoms with Crippen molar-refractivity contribution in [3.8, 4) is 0 Å². The van der Waals surface area contributed by atoms with E-state index >= 15 is 0 Å². The lowest BCUT2D eigenvalue weighted by Crippen LogP contribution is -2.41. The molecule has 2 rings (SSSR count). The Hall–Kier alpha value is -1.14. The van der Waals surface area contributed by atoms with Crippen molar-refractivity contribution in [2.24, 2.45) is 0 Å². The monoisotopic (exact) mass is 260 g/mol. The smallest absolute Gasteiger partial charge is 0.309 e. The first-order valence-corrected chi connectivity index (χ1v) is 5.91. The zero-order valence-corrected chi connectivity index (χ0v) is 9.90. The third-order valence-electron chi connectivity index (χ3n) is 2.46. The van der Waals surface area contributed by atoms with Crippen LogP contribution in [0.1, 0.15) is 5.01 Å². The Morgan fingerprint density at radius 2 is 2.06 bits per heavy atom. The van der Waals surface area contributed by atoms with E-state index in [-0.39, 0.29) is 6.42 Å². The highest BCUT2D eigenvalue weighted by Gasteiger charge is 2.38. The lowest BCUT2D eigenvalue weighted by molar-refractivity contribution is -0.154. The molecular weight excluding hydrogens is 249 g/mol. The lowest BCUT2D eigenvalue weighted by Gasteiger charge is -2.17. The van der Waals surface area contributed by atoms with E-state index in [1.807, 2.05) is 18.2 Å². The van der Waals surface area contributed by atoms with Gasteiger partial charge in [-0.15, -0.1) is 11.3 Å². The van der Waals surface area contributed by atoms with Crippen molar-refractivity contribution in [2.75, 3.05) is 7.05 Å². The summed E-state index contributed by atoms with van der Waals surface area (Å²) in [6, 6.07) is 5.80. The van der Waals surface area contributed by atoms with Crippen molar-refractivity contribution >= 4 is 21.6 Å². The third-order valence-corrected chi connectivity index (χ3v) is 3.52. The largest absolute Gasteiger partial charge is 0.404 e. The van der Waals surface area contributed by atoms with Gasteiger partial charge in [-0.3, -0.25) is 0 Å². The fraction of sp³-hybridized carbons (Fsp3) is 0.364. The number of alkyl halides is 3. The Balaban J connectivity index is 2.23. The van der Waals surface area contributed by atoms with Crippen LogP contribution in [0.25, 0.3) is 10.2 Å². The molecule has 2 aromatic rings. The summed E-state index contributed by atoms with van der Waals surface area (Å²) in [7, 11) is 1.31. The van der Waals surface area contributed by atoms with Crippen LogP contribution in [0.5, 0.6) is 0 Å². The van der Waals surface area contributed by atoms with Crippen LogP contribution in [0.2, 0.25) is 0 Å². The van der Waals surface area contributed by atoms with E-state index in [9.17, 15) is 13.2 Å². The third kappa shape index (κ3) is 2.76. The van der Waals surface area contributed by atoms with Crippen LogP contribution in [0.4, 0.5) is 13.2 Å². The van der Waals surface area contributed by atoms with Crippen molar-refractivity contribution < 1.29 is 13.2 Å². The van der Waals surface area contributed by atoms with Crippen LogP contribution in [0.3, 0.4) is 0 Å². The van der Waals surface area contributed by atoms with Gasteiger partial charge in [0.05, 0.1) is 15.2 Å². The van der Waals surface area contributed by atoms with E-state index in [0.29, 0.717) is 5.01 Å². The van der Waals surface area contributed by atoms with E-state index in [1.165, 1.54) is 18.4 Å². The van der Waals surface area contributed by atoms with Crippen LogP contribution in [-0.4, -0.2) is 24.2 Å². The summed E-state index contributed by atoms with van der Waals surface area (Å²) < 4.78 is 38.6. The summed E-state index contributed by atoms with van der Waals surface area (Å²) in [4.78, 5) is 4.19. The molecule has 1 aromatic carbocycles. The maximum atomic E-state index is 12.6. The minimum absolute atomic E-state index is 0.126. The summed E-state index contributed by atoms with van der Waals surface area (Å²) in [5, 5.41) is 2.78. The van der Waals surface area contributed by atoms with E-state index in [0.717, 1.165) is 10.2 Å². The first-order chi connectivity index (χ1) is 8.00. The first-order valence-electron chi connectivity index (χ1n) is 5.09. The second-order valence-corrected chi connectivity index (χ2v) is 4.78. The van der Waals surface area contributed by atoms with E-state index in [1.54, 1.807) is 6.07 Å². The topological polar surface area (TPSA) is 24.9 Å². The zero-order valence-electron chi connectivity index (χ0n) is 9.08. The van der Waals surface area contributed by atoms with Crippen LogP contribution in [0, 0.1) is 0 Å². The fourth-order valence-electron chi connectivity index (χ4n) is 1.56. The average Bonchev–Trinajstić information content (AvgIpc) is 2.66. The van der Waals surface area contributed by atoms with E-state index in [4.69, 9.17) is 0 Å². The van der Waals surface area contributed by atoms with Crippen LogP contribution < -0.4 is 5.32 Å². The van der Waals surface area contributed by atoms with Gasteiger partial charge in [-0.25, -0.2) is 4.98 Å². The van der Waals surface area contributed by atoms with Gasteiger partial charge < -0.3 is 5.32 Å². The summed E-state index contributed by atoms with van der Waals surface area (Å²) >= 11 is 1.31. The minimum Gasteiger partial charge on any atom is -0.309 e. The van der Waals surface area contributed by atoms with Gasteiger partial charge in [-0.1, -0.05) is 12.1 Å². The second kappa shape index (κ2) is 4.62. The summed E-state index contributed by atoms with van der Waals surface area (Å²) in [6.45, 7) is 0. The molecule has 1 heterocycles. The number of thiazole rings is 1. The van der Waals surface area contributed by atoms with Crippen molar-refractivity contribution in [3.05, 3.63) is 29.3 Å². The average molecular weight is 260 g/mol.